The van der Waals surface area contributed by atoms with Crippen LogP contribution in [0.2, 0.25) is 5.02 Å². The second kappa shape index (κ2) is 6.15. The third-order valence-corrected chi connectivity index (χ3v) is 4.76. The zero-order valence-electron chi connectivity index (χ0n) is 11.0. The summed E-state index contributed by atoms with van der Waals surface area (Å²) in [6, 6.07) is 8.62. The van der Waals surface area contributed by atoms with Crippen LogP contribution in [0.1, 0.15) is 22.1 Å². The lowest BCUT2D eigenvalue weighted by Crippen LogP contribution is -2.02. The van der Waals surface area contributed by atoms with Gasteiger partial charge in [0.2, 0.25) is 0 Å². The maximum absolute atomic E-state index is 13.9. The van der Waals surface area contributed by atoms with Gasteiger partial charge in [-0.15, -0.1) is 11.6 Å². The van der Waals surface area contributed by atoms with Crippen molar-refractivity contribution in [2.45, 2.75) is 18.2 Å². The summed E-state index contributed by atoms with van der Waals surface area (Å²) < 4.78 is 20.5. The van der Waals surface area contributed by atoms with E-state index >= 15 is 0 Å². The minimum Gasteiger partial charge on any atom is -0.493 e. The largest absolute Gasteiger partial charge is 0.493 e. The molecule has 110 valence electrons. The molecule has 1 heterocycles. The second-order valence-electron chi connectivity index (χ2n) is 4.95. The zero-order chi connectivity index (χ0) is 15.0. The molecule has 0 N–H and O–H groups in total. The zero-order valence-corrected chi connectivity index (χ0v) is 14.1. The predicted octanol–water partition coefficient (Wildman–Crippen LogP) is 5.70. The minimum absolute atomic E-state index is 0.319. The van der Waals surface area contributed by atoms with Gasteiger partial charge in [0.25, 0.3) is 0 Å². The molecule has 2 aromatic carbocycles. The van der Waals surface area contributed by atoms with Crippen LogP contribution in [-0.4, -0.2) is 6.61 Å². The number of hydrogen-bond donors (Lipinski definition) is 0. The molecule has 1 nitrogen and oxygen atoms in total. The molecule has 3 rings (SSSR count). The Hall–Kier alpha value is -0.770. The van der Waals surface area contributed by atoms with E-state index < -0.39 is 5.38 Å². The van der Waals surface area contributed by atoms with Crippen molar-refractivity contribution >= 4 is 39.1 Å². The molecule has 1 unspecified atom stereocenters. The average Bonchev–Trinajstić information content (AvgIpc) is 2.90. The summed E-state index contributed by atoms with van der Waals surface area (Å²) in [6.07, 6.45) is 1.19. The smallest absolute Gasteiger partial charge is 0.127 e. The Morgan fingerprint density at radius 1 is 1.33 bits per heavy atom. The summed E-state index contributed by atoms with van der Waals surface area (Å²) in [6.45, 7) is 0.656. The Balaban J connectivity index is 1.95. The van der Waals surface area contributed by atoms with Crippen LogP contribution in [-0.2, 0) is 12.8 Å². The molecule has 0 aliphatic carbocycles. The SMILES string of the molecule is Fc1cccc(Cl)c1CC(Cl)c1cc(Br)cc2c1OCC2. The van der Waals surface area contributed by atoms with Crippen molar-refractivity contribution in [2.75, 3.05) is 6.61 Å². The molecule has 0 aromatic heterocycles. The van der Waals surface area contributed by atoms with Crippen molar-refractivity contribution < 1.29 is 9.13 Å². The normalized spacial score (nSPS) is 14.7. The molecule has 0 fully saturated rings. The first kappa shape index (κ1) is 15.1. The van der Waals surface area contributed by atoms with Crippen LogP contribution >= 0.6 is 39.1 Å². The topological polar surface area (TPSA) is 9.23 Å². The van der Waals surface area contributed by atoms with Crippen molar-refractivity contribution in [3.63, 3.8) is 0 Å². The predicted molar refractivity (Wildman–Crippen MR) is 87.0 cm³/mol. The molecule has 5 heteroatoms. The second-order valence-corrected chi connectivity index (χ2v) is 6.80. The quantitative estimate of drug-likeness (QED) is 0.612. The van der Waals surface area contributed by atoms with Crippen molar-refractivity contribution in [2.24, 2.45) is 0 Å². The van der Waals surface area contributed by atoms with Crippen molar-refractivity contribution in [1.29, 1.82) is 0 Å². The highest BCUT2D eigenvalue weighted by Crippen LogP contribution is 2.40. The molecule has 2 aromatic rings. The number of ether oxygens (including phenoxy) is 1. The molecule has 1 aliphatic rings. The van der Waals surface area contributed by atoms with E-state index in [9.17, 15) is 4.39 Å². The maximum Gasteiger partial charge on any atom is 0.127 e. The number of benzene rings is 2. The lowest BCUT2D eigenvalue weighted by atomic mass is 10.00. The fraction of sp³-hybridized carbons (Fsp3) is 0.250. The molecule has 1 aliphatic heterocycles. The van der Waals surface area contributed by atoms with Crippen LogP contribution in [0.3, 0.4) is 0 Å². The molecular formula is C16H12BrCl2FO. The number of hydrogen-bond acceptors (Lipinski definition) is 1. The van der Waals surface area contributed by atoms with Gasteiger partial charge < -0.3 is 4.74 Å². The first-order chi connectivity index (χ1) is 10.1. The molecule has 0 amide bonds. The molecule has 0 radical (unpaired) electrons. The Bertz CT molecular complexity index is 670. The van der Waals surface area contributed by atoms with E-state index in [1.165, 1.54) is 6.07 Å². The first-order valence-electron chi connectivity index (χ1n) is 6.58. The van der Waals surface area contributed by atoms with Crippen LogP contribution in [0.15, 0.2) is 34.8 Å². The minimum atomic E-state index is -0.399. The third-order valence-electron chi connectivity index (χ3n) is 3.56. The van der Waals surface area contributed by atoms with Gasteiger partial charge in [0, 0.05) is 27.0 Å². The van der Waals surface area contributed by atoms with Crippen molar-refractivity contribution in [1.82, 2.24) is 0 Å². The highest BCUT2D eigenvalue weighted by atomic mass is 79.9. The monoisotopic (exact) mass is 388 g/mol. The number of alkyl halides is 1. The van der Waals surface area contributed by atoms with Gasteiger partial charge >= 0.3 is 0 Å². The molecule has 1 atom stereocenters. The highest BCUT2D eigenvalue weighted by molar-refractivity contribution is 9.10. The number of fused-ring (bicyclic) bond motifs is 1. The van der Waals surface area contributed by atoms with Crippen LogP contribution in [0.4, 0.5) is 4.39 Å². The van der Waals surface area contributed by atoms with Crippen LogP contribution in [0.5, 0.6) is 5.75 Å². The van der Waals surface area contributed by atoms with Gasteiger partial charge in [0.05, 0.1) is 12.0 Å². The van der Waals surface area contributed by atoms with Crippen LogP contribution < -0.4 is 4.74 Å². The van der Waals surface area contributed by atoms with Gasteiger partial charge in [0.1, 0.15) is 11.6 Å². The van der Waals surface area contributed by atoms with Gasteiger partial charge in [-0.3, -0.25) is 0 Å². The highest BCUT2D eigenvalue weighted by Gasteiger charge is 2.23. The lowest BCUT2D eigenvalue weighted by Gasteiger charge is -2.16. The summed E-state index contributed by atoms with van der Waals surface area (Å²) in [5.41, 5.74) is 2.44. The van der Waals surface area contributed by atoms with E-state index in [1.54, 1.807) is 12.1 Å². The lowest BCUT2D eigenvalue weighted by molar-refractivity contribution is 0.353. The fourth-order valence-electron chi connectivity index (χ4n) is 2.55. The fourth-order valence-corrected chi connectivity index (χ4v) is 3.63. The standard InChI is InChI=1S/C16H12BrCl2FO/c17-10-6-9-4-5-21-16(9)12(7-10)14(19)8-11-13(18)2-1-3-15(11)20/h1-3,6-7,14H,4-5,8H2. The van der Waals surface area contributed by atoms with E-state index in [2.05, 4.69) is 15.9 Å². The summed E-state index contributed by atoms with van der Waals surface area (Å²) in [5.74, 6) is 0.492. The van der Waals surface area contributed by atoms with Crippen molar-refractivity contribution in [3.05, 3.63) is 62.3 Å². The van der Waals surface area contributed by atoms with E-state index in [0.29, 0.717) is 23.6 Å². The average molecular weight is 390 g/mol. The number of rotatable bonds is 3. The molecule has 0 bridgehead atoms. The van der Waals surface area contributed by atoms with Crippen LogP contribution in [0.25, 0.3) is 0 Å². The Labute approximate surface area is 141 Å². The summed E-state index contributed by atoms with van der Waals surface area (Å²) in [5, 5.41) is -0.00281. The third kappa shape index (κ3) is 3.05. The Kier molecular flexibility index (Phi) is 4.43. The van der Waals surface area contributed by atoms with Gasteiger partial charge in [-0.2, -0.15) is 0 Å². The Morgan fingerprint density at radius 3 is 2.90 bits per heavy atom. The summed E-state index contributed by atoms with van der Waals surface area (Å²) in [7, 11) is 0. The first-order valence-corrected chi connectivity index (χ1v) is 8.19. The van der Waals surface area contributed by atoms with E-state index in [0.717, 1.165) is 27.8 Å². The molecule has 0 saturated heterocycles. The molecule has 0 saturated carbocycles. The summed E-state index contributed by atoms with van der Waals surface area (Å²) in [4.78, 5) is 0. The number of halogens is 4. The molecule has 21 heavy (non-hydrogen) atoms. The van der Waals surface area contributed by atoms with E-state index in [1.807, 2.05) is 12.1 Å². The van der Waals surface area contributed by atoms with Gasteiger partial charge in [-0.1, -0.05) is 33.6 Å². The molecular weight excluding hydrogens is 378 g/mol. The Morgan fingerprint density at radius 2 is 2.14 bits per heavy atom. The van der Waals surface area contributed by atoms with Gasteiger partial charge in [-0.25, -0.2) is 4.39 Å². The van der Waals surface area contributed by atoms with Crippen LogP contribution in [0, 0.1) is 5.82 Å². The van der Waals surface area contributed by atoms with E-state index in [-0.39, 0.29) is 5.82 Å². The van der Waals surface area contributed by atoms with Crippen molar-refractivity contribution in [3.8, 4) is 5.75 Å². The maximum atomic E-state index is 13.9. The molecule has 0 spiro atoms. The van der Waals surface area contributed by atoms with Gasteiger partial charge in [-0.05, 0) is 36.2 Å². The van der Waals surface area contributed by atoms with Gasteiger partial charge in [0.15, 0.2) is 0 Å². The van der Waals surface area contributed by atoms with E-state index in [4.69, 9.17) is 27.9 Å². The summed E-state index contributed by atoms with van der Waals surface area (Å²) >= 11 is 16.1.